The fraction of sp³-hybridized carbons (Fsp3) is 1.00. The van der Waals surface area contributed by atoms with Crippen molar-refractivity contribution >= 4 is 0 Å². The lowest BCUT2D eigenvalue weighted by Crippen LogP contribution is -2.33. The molecule has 0 aromatic heterocycles. The van der Waals surface area contributed by atoms with Gasteiger partial charge in [-0.3, -0.25) is 0 Å². The van der Waals surface area contributed by atoms with E-state index >= 15 is 0 Å². The van der Waals surface area contributed by atoms with Gasteiger partial charge in [-0.05, 0) is 30.6 Å². The quantitative estimate of drug-likeness (QED) is 0.672. The van der Waals surface area contributed by atoms with Crippen LogP contribution in [0, 0.1) is 11.3 Å². The Morgan fingerprint density at radius 3 is 2.33 bits per heavy atom. The number of hydrogen-bond donors (Lipinski definition) is 1. The number of aliphatic hydroxyl groups is 1. The molecule has 1 heteroatoms. The summed E-state index contributed by atoms with van der Waals surface area (Å²) in [6, 6.07) is 0. The summed E-state index contributed by atoms with van der Waals surface area (Å²) in [6.45, 7) is 4.48. The molecule has 2 saturated carbocycles. The van der Waals surface area contributed by atoms with Crippen molar-refractivity contribution in [1.29, 1.82) is 0 Å². The van der Waals surface area contributed by atoms with E-state index in [0.717, 1.165) is 12.8 Å². The molecular formula is C11H20O. The molecule has 0 spiro atoms. The molecule has 0 radical (unpaired) electrons. The van der Waals surface area contributed by atoms with E-state index < -0.39 is 0 Å². The van der Waals surface area contributed by atoms with E-state index in [2.05, 4.69) is 13.8 Å². The Hall–Kier alpha value is -0.0400. The standard InChI is InChI=1S/C11H20O/c1-3-9-8-11(9,12)10(2)6-4-5-7-10/h9,12H,3-8H2,1-2H3. The number of hydrogen-bond acceptors (Lipinski definition) is 1. The molecule has 0 amide bonds. The van der Waals surface area contributed by atoms with Crippen molar-refractivity contribution in [2.75, 3.05) is 0 Å². The molecule has 2 rings (SSSR count). The summed E-state index contributed by atoms with van der Waals surface area (Å²) < 4.78 is 0. The molecule has 0 bridgehead atoms. The SMILES string of the molecule is CCC1CC1(O)C1(C)CCCC1. The monoisotopic (exact) mass is 168 g/mol. The Bertz CT molecular complexity index is 181. The highest BCUT2D eigenvalue weighted by Gasteiger charge is 2.62. The topological polar surface area (TPSA) is 20.2 Å². The van der Waals surface area contributed by atoms with Gasteiger partial charge >= 0.3 is 0 Å². The van der Waals surface area contributed by atoms with Crippen LogP contribution >= 0.6 is 0 Å². The summed E-state index contributed by atoms with van der Waals surface area (Å²) in [5, 5.41) is 10.3. The van der Waals surface area contributed by atoms with Gasteiger partial charge in [-0.25, -0.2) is 0 Å². The first-order valence-electron chi connectivity index (χ1n) is 5.35. The first-order valence-corrected chi connectivity index (χ1v) is 5.35. The van der Waals surface area contributed by atoms with Crippen LogP contribution in [0.1, 0.15) is 52.4 Å². The van der Waals surface area contributed by atoms with Gasteiger partial charge in [0.25, 0.3) is 0 Å². The van der Waals surface area contributed by atoms with Crippen LogP contribution in [0.3, 0.4) is 0 Å². The van der Waals surface area contributed by atoms with Crippen molar-refractivity contribution in [2.24, 2.45) is 11.3 Å². The van der Waals surface area contributed by atoms with Crippen molar-refractivity contribution in [3.8, 4) is 0 Å². The molecule has 0 aliphatic heterocycles. The maximum absolute atomic E-state index is 10.3. The highest BCUT2D eigenvalue weighted by Crippen LogP contribution is 2.62. The van der Waals surface area contributed by atoms with Crippen LogP contribution in [0.5, 0.6) is 0 Å². The zero-order valence-corrected chi connectivity index (χ0v) is 8.27. The predicted octanol–water partition coefficient (Wildman–Crippen LogP) is 2.73. The average Bonchev–Trinajstić information content (AvgIpc) is 2.52. The van der Waals surface area contributed by atoms with Crippen LogP contribution in [0.2, 0.25) is 0 Å². The Balaban J connectivity index is 2.09. The van der Waals surface area contributed by atoms with Gasteiger partial charge in [-0.15, -0.1) is 0 Å². The Morgan fingerprint density at radius 2 is 1.92 bits per heavy atom. The fourth-order valence-corrected chi connectivity index (χ4v) is 3.13. The molecule has 2 atom stereocenters. The summed E-state index contributed by atoms with van der Waals surface area (Å²) >= 11 is 0. The molecule has 0 aromatic carbocycles. The normalized spacial score (nSPS) is 44.8. The molecular weight excluding hydrogens is 148 g/mol. The lowest BCUT2D eigenvalue weighted by molar-refractivity contribution is 0.00166. The molecule has 0 saturated heterocycles. The Morgan fingerprint density at radius 1 is 1.33 bits per heavy atom. The smallest absolute Gasteiger partial charge is 0.0733 e. The third kappa shape index (κ3) is 0.953. The Labute approximate surface area is 75.2 Å². The fourth-order valence-electron chi connectivity index (χ4n) is 3.13. The van der Waals surface area contributed by atoms with Gasteiger partial charge in [0, 0.05) is 0 Å². The second-order valence-electron chi connectivity index (χ2n) is 5.00. The minimum absolute atomic E-state index is 0.266. The molecule has 2 aliphatic rings. The molecule has 70 valence electrons. The van der Waals surface area contributed by atoms with Gasteiger partial charge in [-0.1, -0.05) is 33.1 Å². The average molecular weight is 168 g/mol. The van der Waals surface area contributed by atoms with Crippen LogP contribution in [0.4, 0.5) is 0 Å². The molecule has 12 heavy (non-hydrogen) atoms. The Kier molecular flexibility index (Phi) is 1.76. The zero-order valence-electron chi connectivity index (χ0n) is 8.27. The van der Waals surface area contributed by atoms with Gasteiger partial charge in [0.15, 0.2) is 0 Å². The molecule has 2 aliphatic carbocycles. The summed E-state index contributed by atoms with van der Waals surface area (Å²) in [5.41, 5.74) is 0.00588. The van der Waals surface area contributed by atoms with Crippen molar-refractivity contribution in [3.63, 3.8) is 0 Å². The maximum atomic E-state index is 10.3. The minimum atomic E-state index is -0.266. The molecule has 0 heterocycles. The van der Waals surface area contributed by atoms with Crippen molar-refractivity contribution in [2.45, 2.75) is 58.0 Å². The van der Waals surface area contributed by atoms with Crippen LogP contribution in [0.15, 0.2) is 0 Å². The van der Waals surface area contributed by atoms with E-state index in [4.69, 9.17) is 0 Å². The summed E-state index contributed by atoms with van der Waals surface area (Å²) in [6.07, 6.45) is 7.39. The zero-order chi connectivity index (χ0) is 8.82. The van der Waals surface area contributed by atoms with Gasteiger partial charge in [0.2, 0.25) is 0 Å². The van der Waals surface area contributed by atoms with Gasteiger partial charge in [0.05, 0.1) is 5.60 Å². The lowest BCUT2D eigenvalue weighted by Gasteiger charge is -2.31. The maximum Gasteiger partial charge on any atom is 0.0733 e. The van der Waals surface area contributed by atoms with Crippen LogP contribution < -0.4 is 0 Å². The summed E-state index contributed by atoms with van der Waals surface area (Å²) in [7, 11) is 0. The van der Waals surface area contributed by atoms with Crippen LogP contribution in [0.25, 0.3) is 0 Å². The number of rotatable bonds is 2. The van der Waals surface area contributed by atoms with Crippen molar-refractivity contribution in [1.82, 2.24) is 0 Å². The summed E-state index contributed by atoms with van der Waals surface area (Å²) in [5.74, 6) is 0.612. The molecule has 0 aromatic rings. The first kappa shape index (κ1) is 8.55. The minimum Gasteiger partial charge on any atom is -0.389 e. The second-order valence-corrected chi connectivity index (χ2v) is 5.00. The van der Waals surface area contributed by atoms with Crippen LogP contribution in [-0.2, 0) is 0 Å². The molecule has 1 N–H and O–H groups in total. The van der Waals surface area contributed by atoms with Crippen molar-refractivity contribution in [3.05, 3.63) is 0 Å². The first-order chi connectivity index (χ1) is 5.62. The highest BCUT2D eigenvalue weighted by atomic mass is 16.3. The van der Waals surface area contributed by atoms with Gasteiger partial charge in [-0.2, -0.15) is 0 Å². The largest absolute Gasteiger partial charge is 0.389 e. The summed E-state index contributed by atoms with van der Waals surface area (Å²) in [4.78, 5) is 0. The van der Waals surface area contributed by atoms with Gasteiger partial charge in [0.1, 0.15) is 0 Å². The highest BCUT2D eigenvalue weighted by molar-refractivity contribution is 5.13. The molecule has 1 nitrogen and oxygen atoms in total. The van der Waals surface area contributed by atoms with Crippen LogP contribution in [-0.4, -0.2) is 10.7 Å². The third-order valence-electron chi connectivity index (χ3n) is 4.32. The molecule has 2 fully saturated rings. The van der Waals surface area contributed by atoms with Crippen molar-refractivity contribution < 1.29 is 5.11 Å². The third-order valence-corrected chi connectivity index (χ3v) is 4.32. The van der Waals surface area contributed by atoms with E-state index in [0.29, 0.717) is 5.92 Å². The lowest BCUT2D eigenvalue weighted by atomic mass is 9.79. The van der Waals surface area contributed by atoms with E-state index in [1.54, 1.807) is 0 Å². The predicted molar refractivity (Wildman–Crippen MR) is 49.9 cm³/mol. The molecule has 2 unspecified atom stereocenters. The van der Waals surface area contributed by atoms with E-state index in [1.807, 2.05) is 0 Å². The van der Waals surface area contributed by atoms with Gasteiger partial charge < -0.3 is 5.11 Å². The van der Waals surface area contributed by atoms with E-state index in [1.165, 1.54) is 25.7 Å². The van der Waals surface area contributed by atoms with E-state index in [-0.39, 0.29) is 11.0 Å². The van der Waals surface area contributed by atoms with E-state index in [9.17, 15) is 5.11 Å². The second kappa shape index (κ2) is 2.47.